The molecule has 9 heteroatoms. The van der Waals surface area contributed by atoms with Crippen LogP contribution in [0.3, 0.4) is 0 Å². The predicted octanol–water partition coefficient (Wildman–Crippen LogP) is -4.23. The molecule has 7 nitrogen and oxygen atoms in total. The Morgan fingerprint density at radius 1 is 0.733 bits per heavy atom. The minimum absolute atomic E-state index is 0. The first-order valence-corrected chi connectivity index (χ1v) is 3.95. The number of hydrogen-bond donors (Lipinski definition) is 0. The standard InChI is InChI=1S/3C2H4O2.O.Sb.Zn/c3*1-2(3)4;;;/h3*1H3,(H,3,4);;;/q;;;;+1;+2/p-3. The van der Waals surface area contributed by atoms with Crippen LogP contribution < -0.4 is 15.3 Å². The molecule has 0 bridgehead atoms. The summed E-state index contributed by atoms with van der Waals surface area (Å²) in [6.45, 7) is 2.92. The number of rotatable bonds is 0. The predicted molar refractivity (Wildman–Crippen MR) is 38.5 cm³/mol. The smallest absolute Gasteiger partial charge is 2.00 e. The topological polar surface area (TPSA) is 137 Å². The van der Waals surface area contributed by atoms with E-state index in [1.165, 1.54) is 0 Å². The number of carbonyl (C=O) groups is 3. The van der Waals surface area contributed by atoms with Gasteiger partial charge in [0.2, 0.25) is 0 Å². The minimum atomic E-state index is -1.08. The van der Waals surface area contributed by atoms with Gasteiger partial charge in [0.25, 0.3) is 0 Å². The fourth-order valence-corrected chi connectivity index (χ4v) is 0. The van der Waals surface area contributed by atoms with E-state index in [1.807, 2.05) is 0 Å². The van der Waals surface area contributed by atoms with Crippen LogP contribution in [0.25, 0.3) is 0 Å². The van der Waals surface area contributed by atoms with Gasteiger partial charge in [-0.2, -0.15) is 0 Å². The molecule has 0 aliphatic heterocycles. The molecule has 0 aliphatic rings. The van der Waals surface area contributed by atoms with E-state index in [2.05, 4.69) is 0 Å². The molecule has 15 heavy (non-hydrogen) atoms. The molecule has 2 radical (unpaired) electrons. The molecule has 0 fully saturated rings. The summed E-state index contributed by atoms with van der Waals surface area (Å²) in [5.41, 5.74) is 0. The van der Waals surface area contributed by atoms with Gasteiger partial charge in [0.1, 0.15) is 0 Å². The third-order valence-corrected chi connectivity index (χ3v) is 0. The van der Waals surface area contributed by atoms with E-state index in [0.29, 0.717) is 23.0 Å². The van der Waals surface area contributed by atoms with Crippen molar-refractivity contribution >= 4 is 40.9 Å². The molecule has 0 N–H and O–H groups in total. The van der Waals surface area contributed by atoms with Gasteiger partial charge in [-0.3, -0.25) is 0 Å². The maximum Gasteiger partial charge on any atom is 2.00 e. The van der Waals surface area contributed by atoms with E-state index < -0.39 is 17.9 Å². The van der Waals surface area contributed by atoms with Crippen molar-refractivity contribution in [2.75, 3.05) is 0 Å². The first-order chi connectivity index (χ1) is 6.20. The molecule has 0 unspecified atom stereocenters. The average Bonchev–Trinajstić information content (AvgIpc) is 1.86. The van der Waals surface area contributed by atoms with Crippen LogP contribution in [0, 0.1) is 0 Å². The van der Waals surface area contributed by atoms with E-state index in [-0.39, 0.29) is 19.5 Å². The van der Waals surface area contributed by atoms with Crippen LogP contribution >= 0.6 is 0 Å². The van der Waals surface area contributed by atoms with Gasteiger partial charge in [-0.05, 0) is 20.8 Å². The monoisotopic (exact) mass is 378 g/mol. The summed E-state index contributed by atoms with van der Waals surface area (Å²) >= 11 is 0.500. The Hall–Kier alpha value is -0.348. The Morgan fingerprint density at radius 3 is 0.733 bits per heavy atom. The number of aliphatic carboxylic acids is 3. The maximum atomic E-state index is 8.89. The molecular weight excluding hydrogens is 371 g/mol. The van der Waals surface area contributed by atoms with Crippen LogP contribution in [0.15, 0.2) is 0 Å². The zero-order valence-electron chi connectivity index (χ0n) is 8.51. The molecule has 0 saturated carbocycles. The summed E-state index contributed by atoms with van der Waals surface area (Å²) < 4.78 is 8.30. The van der Waals surface area contributed by atoms with Gasteiger partial charge in [0, 0.05) is 17.9 Å². The number of carboxylic acids is 3. The van der Waals surface area contributed by atoms with Crippen LogP contribution in [-0.2, 0) is 36.9 Å². The van der Waals surface area contributed by atoms with E-state index in [4.69, 9.17) is 32.7 Å². The molecule has 0 aromatic rings. The van der Waals surface area contributed by atoms with Crippen molar-refractivity contribution < 1.29 is 52.2 Å². The van der Waals surface area contributed by atoms with Crippen LogP contribution in [0.5, 0.6) is 0 Å². The average molecular weight is 380 g/mol. The summed E-state index contributed by atoms with van der Waals surface area (Å²) in [7, 11) is 0. The third kappa shape index (κ3) is 15300. The maximum absolute atomic E-state index is 8.89. The molecule has 0 amide bonds. The Bertz CT molecular complexity index is 132. The second-order valence-electron chi connectivity index (χ2n) is 1.47. The quantitative estimate of drug-likeness (QED) is 0.388. The van der Waals surface area contributed by atoms with Crippen molar-refractivity contribution in [1.29, 1.82) is 0 Å². The Morgan fingerprint density at radius 2 is 0.733 bits per heavy atom. The Labute approximate surface area is 114 Å². The zero-order chi connectivity index (χ0) is 12.7. The molecule has 0 aliphatic carbocycles. The van der Waals surface area contributed by atoms with Gasteiger partial charge in [-0.25, -0.2) is 0 Å². The molecule has 0 saturated heterocycles. The molecule has 0 aromatic carbocycles. The number of carboxylic acid groups (broad SMARTS) is 3. The van der Waals surface area contributed by atoms with Gasteiger partial charge in [0.05, 0.1) is 0 Å². The molecule has 0 atom stereocenters. The summed E-state index contributed by atoms with van der Waals surface area (Å²) in [4.78, 5) is 26.7. The van der Waals surface area contributed by atoms with Crippen molar-refractivity contribution in [2.45, 2.75) is 20.8 Å². The summed E-state index contributed by atoms with van der Waals surface area (Å²) in [6, 6.07) is 0. The van der Waals surface area contributed by atoms with Gasteiger partial charge in [0.15, 0.2) is 0 Å². The molecule has 0 spiro atoms. The third-order valence-electron chi connectivity index (χ3n) is 0. The van der Waals surface area contributed by atoms with Crippen LogP contribution in [0.1, 0.15) is 20.8 Å². The SMILES string of the molecule is CC(=O)[O-].CC(=O)[O-].CC(=O)[O-].[O]=[Sb+].[Zn+2]. The fraction of sp³-hybridized carbons (Fsp3) is 0.500. The Kier molecular flexibility index (Phi) is 57.0. The minimum Gasteiger partial charge on any atom is 2.00 e. The van der Waals surface area contributed by atoms with Gasteiger partial charge in [-0.15, -0.1) is 0 Å². The molecule has 0 rings (SSSR count). The van der Waals surface area contributed by atoms with Crippen molar-refractivity contribution in [3.05, 3.63) is 0 Å². The second kappa shape index (κ2) is 29.2. The number of carbonyl (C=O) groups excluding carboxylic acids is 3. The van der Waals surface area contributed by atoms with Gasteiger partial charge < -0.3 is 29.7 Å². The van der Waals surface area contributed by atoms with Crippen molar-refractivity contribution in [3.63, 3.8) is 0 Å². The van der Waals surface area contributed by atoms with Crippen LogP contribution in [-0.4, -0.2) is 40.9 Å². The molecule has 0 aromatic heterocycles. The van der Waals surface area contributed by atoms with Crippen molar-refractivity contribution in [1.82, 2.24) is 0 Å². The van der Waals surface area contributed by atoms with E-state index in [0.717, 1.165) is 20.8 Å². The fourth-order valence-electron chi connectivity index (χ4n) is 0. The normalized spacial score (nSPS) is 5.27. The van der Waals surface area contributed by atoms with E-state index >= 15 is 0 Å². The first kappa shape index (κ1) is 29.3. The number of hydrogen-bond acceptors (Lipinski definition) is 7. The van der Waals surface area contributed by atoms with Crippen LogP contribution in [0.2, 0.25) is 0 Å². The van der Waals surface area contributed by atoms with Crippen molar-refractivity contribution in [3.8, 4) is 0 Å². The van der Waals surface area contributed by atoms with Gasteiger partial charge >= 0.3 is 45.5 Å². The summed E-state index contributed by atoms with van der Waals surface area (Å²) in [5, 5.41) is 26.7. The van der Waals surface area contributed by atoms with E-state index in [9.17, 15) is 0 Å². The Balaban J connectivity index is -0.0000000298. The molecule has 82 valence electrons. The molecular formula is C6H9O7SbZn. The second-order valence-corrected chi connectivity index (χ2v) is 1.47. The summed E-state index contributed by atoms with van der Waals surface area (Å²) in [6.07, 6.45) is 0. The zero-order valence-corrected chi connectivity index (χ0v) is 14.0. The summed E-state index contributed by atoms with van der Waals surface area (Å²) in [5.74, 6) is -3.25. The van der Waals surface area contributed by atoms with Gasteiger partial charge in [-0.1, -0.05) is 0 Å². The largest absolute Gasteiger partial charge is 2.00 e. The molecule has 0 heterocycles. The van der Waals surface area contributed by atoms with E-state index in [1.54, 1.807) is 0 Å². The van der Waals surface area contributed by atoms with Crippen molar-refractivity contribution in [2.24, 2.45) is 0 Å². The van der Waals surface area contributed by atoms with Crippen LogP contribution in [0.4, 0.5) is 0 Å². The first-order valence-electron chi connectivity index (χ1n) is 2.91.